The van der Waals surface area contributed by atoms with Gasteiger partial charge in [-0.25, -0.2) is 4.99 Å². The zero-order valence-electron chi connectivity index (χ0n) is 12.4. The fourth-order valence-corrected chi connectivity index (χ4v) is 2.42. The molecule has 0 amide bonds. The maximum Gasteiger partial charge on any atom is 0.296 e. The first-order valence-electron chi connectivity index (χ1n) is 7.20. The minimum absolute atomic E-state index is 0.218. The van der Waals surface area contributed by atoms with Crippen LogP contribution in [0.5, 0.6) is 0 Å². The zero-order valence-corrected chi connectivity index (χ0v) is 12.4. The van der Waals surface area contributed by atoms with Gasteiger partial charge in [0.2, 0.25) is 11.6 Å². The number of hydrogen-bond acceptors (Lipinski definition) is 6. The smallest absolute Gasteiger partial charge is 0.296 e. The summed E-state index contributed by atoms with van der Waals surface area (Å²) in [6.45, 7) is 0. The molecular weight excluding hydrogens is 308 g/mol. The van der Waals surface area contributed by atoms with Gasteiger partial charge in [0.15, 0.2) is 0 Å². The van der Waals surface area contributed by atoms with Crippen LogP contribution in [-0.2, 0) is 0 Å². The first-order valence-corrected chi connectivity index (χ1v) is 7.20. The maximum atomic E-state index is 8.77. The number of furan rings is 1. The summed E-state index contributed by atoms with van der Waals surface area (Å²) in [5.74, 6) is 1.02. The molecule has 4 aromatic rings. The third-order valence-electron chi connectivity index (χ3n) is 3.47. The molecule has 7 heteroatoms. The lowest BCUT2D eigenvalue weighted by Gasteiger charge is -1.92. The summed E-state index contributed by atoms with van der Waals surface area (Å²) in [4.78, 5) is 8.55. The SMILES string of the molecule is ONC=Nc1c(-c2nc(-c3ccccc3)no2)oc2ccccc12. The lowest BCUT2D eigenvalue weighted by Crippen LogP contribution is -2.00. The van der Waals surface area contributed by atoms with E-state index in [1.165, 1.54) is 0 Å². The van der Waals surface area contributed by atoms with E-state index in [2.05, 4.69) is 15.1 Å². The Kier molecular flexibility index (Phi) is 3.53. The zero-order chi connectivity index (χ0) is 16.4. The Morgan fingerprint density at radius 3 is 2.67 bits per heavy atom. The third kappa shape index (κ3) is 2.42. The topological polar surface area (TPSA) is 96.7 Å². The van der Waals surface area contributed by atoms with Crippen molar-refractivity contribution < 1.29 is 14.1 Å². The number of aliphatic imine (C=N–C) groups is 1. The number of nitrogens with one attached hydrogen (secondary N) is 1. The fraction of sp³-hybridized carbons (Fsp3) is 0. The number of benzene rings is 2. The van der Waals surface area contributed by atoms with E-state index in [-0.39, 0.29) is 5.89 Å². The number of nitrogens with zero attached hydrogens (tertiary/aromatic N) is 3. The van der Waals surface area contributed by atoms with Crippen molar-refractivity contribution in [2.75, 3.05) is 0 Å². The van der Waals surface area contributed by atoms with E-state index in [4.69, 9.17) is 14.1 Å². The Bertz CT molecular complexity index is 1010. The second kappa shape index (κ2) is 5.98. The molecule has 2 heterocycles. The van der Waals surface area contributed by atoms with Crippen LogP contribution in [0.2, 0.25) is 0 Å². The second-order valence-electron chi connectivity index (χ2n) is 4.95. The number of hydroxylamine groups is 1. The number of para-hydroxylation sites is 1. The average Bonchev–Trinajstić information content (AvgIpc) is 3.25. The average molecular weight is 320 g/mol. The van der Waals surface area contributed by atoms with Gasteiger partial charge in [-0.05, 0) is 12.1 Å². The Morgan fingerprint density at radius 1 is 1.04 bits per heavy atom. The molecule has 0 fully saturated rings. The van der Waals surface area contributed by atoms with Crippen molar-refractivity contribution in [3.05, 3.63) is 54.6 Å². The Morgan fingerprint density at radius 2 is 1.83 bits per heavy atom. The molecule has 0 saturated carbocycles. The quantitative estimate of drug-likeness (QED) is 0.337. The van der Waals surface area contributed by atoms with Gasteiger partial charge in [0, 0.05) is 10.9 Å². The van der Waals surface area contributed by atoms with Crippen molar-refractivity contribution in [1.29, 1.82) is 0 Å². The highest BCUT2D eigenvalue weighted by Gasteiger charge is 2.21. The molecule has 2 N–H and O–H groups in total. The van der Waals surface area contributed by atoms with Crippen LogP contribution in [0.3, 0.4) is 0 Å². The second-order valence-corrected chi connectivity index (χ2v) is 4.95. The molecule has 2 aromatic heterocycles. The number of rotatable bonds is 4. The first-order chi connectivity index (χ1) is 11.9. The molecule has 2 aromatic carbocycles. The summed E-state index contributed by atoms with van der Waals surface area (Å²) in [5.41, 5.74) is 3.85. The van der Waals surface area contributed by atoms with Crippen LogP contribution in [0, 0.1) is 0 Å². The number of fused-ring (bicyclic) bond motifs is 1. The summed E-state index contributed by atoms with van der Waals surface area (Å²) in [6.07, 6.45) is 1.15. The molecule has 0 bridgehead atoms. The van der Waals surface area contributed by atoms with E-state index >= 15 is 0 Å². The fourth-order valence-electron chi connectivity index (χ4n) is 2.42. The maximum absolute atomic E-state index is 8.77. The highest BCUT2D eigenvalue weighted by molar-refractivity contribution is 5.97. The molecule has 0 aliphatic heterocycles. The molecular formula is C17H12N4O3. The highest BCUT2D eigenvalue weighted by Crippen LogP contribution is 2.39. The van der Waals surface area contributed by atoms with Crippen LogP contribution in [0.15, 0.2) is 68.5 Å². The summed E-state index contributed by atoms with van der Waals surface area (Å²) in [5, 5.41) is 13.5. The van der Waals surface area contributed by atoms with Crippen molar-refractivity contribution in [2.45, 2.75) is 0 Å². The predicted octanol–water partition coefficient (Wildman–Crippen LogP) is 3.79. The molecule has 0 aliphatic carbocycles. The number of aromatic nitrogens is 2. The van der Waals surface area contributed by atoms with Gasteiger partial charge in [-0.15, -0.1) is 0 Å². The van der Waals surface area contributed by atoms with Crippen molar-refractivity contribution in [1.82, 2.24) is 15.6 Å². The molecule has 24 heavy (non-hydrogen) atoms. The predicted molar refractivity (Wildman–Crippen MR) is 88.0 cm³/mol. The molecule has 0 spiro atoms. The minimum atomic E-state index is 0.218. The summed E-state index contributed by atoms with van der Waals surface area (Å²) in [7, 11) is 0. The van der Waals surface area contributed by atoms with E-state index in [9.17, 15) is 0 Å². The summed E-state index contributed by atoms with van der Waals surface area (Å²) in [6, 6.07) is 16.9. The minimum Gasteiger partial charge on any atom is -0.449 e. The molecule has 4 rings (SSSR count). The van der Waals surface area contributed by atoms with E-state index in [1.807, 2.05) is 60.1 Å². The molecule has 0 radical (unpaired) electrons. The van der Waals surface area contributed by atoms with Crippen LogP contribution < -0.4 is 5.48 Å². The van der Waals surface area contributed by atoms with Crippen molar-refractivity contribution in [3.63, 3.8) is 0 Å². The van der Waals surface area contributed by atoms with E-state index in [1.54, 1.807) is 0 Å². The molecule has 0 saturated heterocycles. The Labute approximate surface area is 136 Å². The van der Waals surface area contributed by atoms with Gasteiger partial charge in [-0.1, -0.05) is 47.6 Å². The monoisotopic (exact) mass is 320 g/mol. The van der Waals surface area contributed by atoms with Crippen LogP contribution in [0.4, 0.5) is 5.69 Å². The molecule has 0 atom stereocenters. The van der Waals surface area contributed by atoms with Crippen LogP contribution >= 0.6 is 0 Å². The summed E-state index contributed by atoms with van der Waals surface area (Å²) >= 11 is 0. The van der Waals surface area contributed by atoms with Gasteiger partial charge < -0.3 is 8.94 Å². The van der Waals surface area contributed by atoms with Gasteiger partial charge in [-0.2, -0.15) is 4.98 Å². The normalized spacial score (nSPS) is 11.4. The largest absolute Gasteiger partial charge is 0.449 e. The van der Waals surface area contributed by atoms with Gasteiger partial charge in [0.05, 0.1) is 0 Å². The van der Waals surface area contributed by atoms with Crippen LogP contribution in [0.1, 0.15) is 0 Å². The van der Waals surface area contributed by atoms with Gasteiger partial charge in [-0.3, -0.25) is 10.7 Å². The van der Waals surface area contributed by atoms with Gasteiger partial charge in [0.1, 0.15) is 17.6 Å². The third-order valence-corrected chi connectivity index (χ3v) is 3.47. The molecule has 118 valence electrons. The standard InChI is InChI=1S/C17H12N4O3/c22-19-10-18-14-12-8-4-5-9-13(12)23-15(14)17-20-16(21-24-17)11-6-2-1-3-7-11/h1-10,22H,(H,18,19). The van der Waals surface area contributed by atoms with Crippen molar-refractivity contribution in [3.8, 4) is 23.0 Å². The van der Waals surface area contributed by atoms with Crippen LogP contribution in [0.25, 0.3) is 34.0 Å². The van der Waals surface area contributed by atoms with E-state index < -0.39 is 0 Å². The van der Waals surface area contributed by atoms with Crippen LogP contribution in [-0.4, -0.2) is 21.7 Å². The van der Waals surface area contributed by atoms with E-state index in [0.717, 1.165) is 17.3 Å². The van der Waals surface area contributed by atoms with Crippen molar-refractivity contribution >= 4 is 23.0 Å². The molecule has 7 nitrogen and oxygen atoms in total. The highest BCUT2D eigenvalue weighted by atomic mass is 16.5. The molecule has 0 unspecified atom stereocenters. The first kappa shape index (κ1) is 14.2. The number of hydrogen-bond donors (Lipinski definition) is 2. The van der Waals surface area contributed by atoms with E-state index in [0.29, 0.717) is 22.9 Å². The lowest BCUT2D eigenvalue weighted by molar-refractivity contribution is 0.240. The lowest BCUT2D eigenvalue weighted by atomic mass is 10.2. The summed E-state index contributed by atoms with van der Waals surface area (Å²) < 4.78 is 11.2. The Hall–Kier alpha value is -3.45. The Balaban J connectivity index is 1.85. The molecule has 0 aliphatic rings. The van der Waals surface area contributed by atoms with Gasteiger partial charge >= 0.3 is 0 Å². The van der Waals surface area contributed by atoms with Crippen molar-refractivity contribution in [2.24, 2.45) is 4.99 Å². The van der Waals surface area contributed by atoms with Gasteiger partial charge in [0.25, 0.3) is 5.89 Å².